The first kappa shape index (κ1) is 17.1. The molecule has 1 atom stereocenters. The third-order valence-electron chi connectivity index (χ3n) is 5.80. The Balaban J connectivity index is 1.40. The smallest absolute Gasteiger partial charge is 0.190 e. The Morgan fingerprint density at radius 2 is 2.20 bits per heavy atom. The fraction of sp³-hybridized carbons (Fsp3) is 0.556. The highest BCUT2D eigenvalue weighted by Gasteiger charge is 2.51. The molecule has 3 aliphatic carbocycles. The minimum absolute atomic E-state index is 0.204. The maximum absolute atomic E-state index is 11.0. The van der Waals surface area contributed by atoms with Gasteiger partial charge in [-0.05, 0) is 68.8 Å². The molecule has 134 valence electrons. The van der Waals surface area contributed by atoms with Crippen molar-refractivity contribution in [3.8, 4) is 0 Å². The summed E-state index contributed by atoms with van der Waals surface area (Å²) >= 11 is 6.99. The van der Waals surface area contributed by atoms with Crippen LogP contribution in [0.2, 0.25) is 0 Å². The van der Waals surface area contributed by atoms with E-state index in [1.54, 1.807) is 11.3 Å². The minimum atomic E-state index is -0.763. The molecular formula is C18H24N4OS2. The van der Waals surface area contributed by atoms with Gasteiger partial charge in [0, 0.05) is 12.1 Å². The van der Waals surface area contributed by atoms with Gasteiger partial charge in [0.05, 0.1) is 15.8 Å². The van der Waals surface area contributed by atoms with Crippen molar-refractivity contribution in [2.45, 2.75) is 50.2 Å². The van der Waals surface area contributed by atoms with Crippen molar-refractivity contribution in [3.05, 3.63) is 23.8 Å². The first-order valence-electron chi connectivity index (χ1n) is 8.79. The van der Waals surface area contributed by atoms with Gasteiger partial charge in [-0.25, -0.2) is 4.98 Å². The number of nitrogens with zero attached hydrogens (tertiary/aromatic N) is 1. The van der Waals surface area contributed by atoms with Crippen molar-refractivity contribution in [2.24, 2.45) is 11.7 Å². The summed E-state index contributed by atoms with van der Waals surface area (Å²) in [6.07, 6.45) is 4.71. The van der Waals surface area contributed by atoms with Crippen LogP contribution in [0.5, 0.6) is 0 Å². The third-order valence-corrected chi connectivity index (χ3v) is 6.98. The summed E-state index contributed by atoms with van der Waals surface area (Å²) < 4.78 is 1.14. The molecule has 3 saturated carbocycles. The van der Waals surface area contributed by atoms with Crippen molar-refractivity contribution in [1.82, 2.24) is 10.3 Å². The van der Waals surface area contributed by atoms with Crippen molar-refractivity contribution < 1.29 is 5.11 Å². The van der Waals surface area contributed by atoms with Crippen LogP contribution in [0.3, 0.4) is 0 Å². The lowest BCUT2D eigenvalue weighted by Crippen LogP contribution is -2.63. The summed E-state index contributed by atoms with van der Waals surface area (Å²) in [5.41, 5.74) is 7.61. The number of fused-ring (bicyclic) bond motifs is 4. The number of aromatic nitrogens is 1. The zero-order valence-electron chi connectivity index (χ0n) is 14.3. The Kier molecular flexibility index (Phi) is 4.22. The van der Waals surface area contributed by atoms with Crippen LogP contribution in [0.25, 0.3) is 10.2 Å². The zero-order chi connectivity index (χ0) is 17.7. The summed E-state index contributed by atoms with van der Waals surface area (Å²) in [5, 5.41) is 18.7. The molecule has 0 spiro atoms. The second-order valence-electron chi connectivity index (χ2n) is 7.67. The van der Waals surface area contributed by atoms with E-state index in [-0.39, 0.29) is 5.54 Å². The Labute approximate surface area is 157 Å². The van der Waals surface area contributed by atoms with Crippen molar-refractivity contribution in [2.75, 3.05) is 11.9 Å². The van der Waals surface area contributed by atoms with Crippen molar-refractivity contribution in [3.63, 3.8) is 0 Å². The van der Waals surface area contributed by atoms with Crippen LogP contribution in [0.1, 0.15) is 37.7 Å². The van der Waals surface area contributed by atoms with E-state index in [0.717, 1.165) is 46.6 Å². The number of hydrogen-bond donors (Lipinski definition) is 4. The van der Waals surface area contributed by atoms with E-state index < -0.39 is 5.60 Å². The molecule has 0 aliphatic heterocycles. The number of aryl methyl sites for hydroxylation is 1. The van der Waals surface area contributed by atoms with Gasteiger partial charge < -0.3 is 21.5 Å². The van der Waals surface area contributed by atoms with Crippen LogP contribution in [-0.4, -0.2) is 32.9 Å². The molecule has 5 N–H and O–H groups in total. The molecule has 0 radical (unpaired) electrons. The summed E-state index contributed by atoms with van der Waals surface area (Å²) in [6, 6.07) is 6.15. The number of rotatable bonds is 3. The number of benzene rings is 1. The van der Waals surface area contributed by atoms with Gasteiger partial charge in [-0.2, -0.15) is 0 Å². The van der Waals surface area contributed by atoms with Gasteiger partial charge in [-0.15, -0.1) is 0 Å². The molecule has 2 bridgehead atoms. The molecule has 2 aromatic rings. The van der Waals surface area contributed by atoms with E-state index in [0.29, 0.717) is 24.0 Å². The van der Waals surface area contributed by atoms with E-state index in [2.05, 4.69) is 34.7 Å². The summed E-state index contributed by atoms with van der Waals surface area (Å²) in [7, 11) is 0. The number of nitrogens with one attached hydrogen (secondary N) is 2. The lowest BCUT2D eigenvalue weighted by Gasteiger charge is -2.53. The minimum Gasteiger partial charge on any atom is -0.388 e. The standard InChI is InChI=1S/C18H24N4OS2/c1-11-3-2-4-13-14(11)21-16(25-13)22-15(24)20-10-18(23)9-17(19)7-5-12(18)6-8-17/h2-4,12,23H,5-10,19H2,1H3,(H2,20,21,22,24). The second kappa shape index (κ2) is 6.16. The normalized spacial score (nSPS) is 31.2. The lowest BCUT2D eigenvalue weighted by atomic mass is 9.58. The Hall–Kier alpha value is -1.28. The van der Waals surface area contributed by atoms with Crippen LogP contribution in [0, 0.1) is 12.8 Å². The summed E-state index contributed by atoms with van der Waals surface area (Å²) in [5.74, 6) is 0.318. The monoisotopic (exact) mass is 376 g/mol. The number of thiocarbonyl (C=S) groups is 1. The number of anilines is 1. The number of nitrogens with two attached hydrogens (primary N) is 1. The molecule has 1 aromatic carbocycles. The number of para-hydroxylation sites is 1. The molecule has 1 heterocycles. The van der Waals surface area contributed by atoms with Gasteiger partial charge in [0.15, 0.2) is 10.2 Å². The molecule has 7 heteroatoms. The van der Waals surface area contributed by atoms with Crippen LogP contribution >= 0.6 is 23.6 Å². The van der Waals surface area contributed by atoms with Gasteiger partial charge in [0.1, 0.15) is 0 Å². The fourth-order valence-electron chi connectivity index (χ4n) is 4.38. The van der Waals surface area contributed by atoms with Gasteiger partial charge >= 0.3 is 0 Å². The maximum atomic E-state index is 11.0. The SMILES string of the molecule is Cc1cccc2sc(NC(=S)NCC3(O)CC4(N)CCC3CC4)nc12. The number of aliphatic hydroxyl groups is 1. The molecule has 1 unspecified atom stereocenters. The molecule has 0 amide bonds. The number of hydrogen-bond acceptors (Lipinski definition) is 5. The van der Waals surface area contributed by atoms with Crippen molar-refractivity contribution >= 4 is 44.0 Å². The molecule has 25 heavy (non-hydrogen) atoms. The largest absolute Gasteiger partial charge is 0.388 e. The van der Waals surface area contributed by atoms with Crippen LogP contribution in [0.15, 0.2) is 18.2 Å². The highest BCUT2D eigenvalue weighted by Crippen LogP contribution is 2.48. The molecule has 3 fully saturated rings. The molecule has 3 aliphatic rings. The van der Waals surface area contributed by atoms with Crippen LogP contribution in [0.4, 0.5) is 5.13 Å². The molecule has 1 aromatic heterocycles. The van der Waals surface area contributed by atoms with Crippen LogP contribution < -0.4 is 16.4 Å². The predicted molar refractivity (Wildman–Crippen MR) is 107 cm³/mol. The molecule has 5 rings (SSSR count). The van der Waals surface area contributed by atoms with Crippen molar-refractivity contribution in [1.29, 1.82) is 0 Å². The Bertz CT molecular complexity index is 813. The first-order valence-corrected chi connectivity index (χ1v) is 10.0. The first-order chi connectivity index (χ1) is 11.9. The highest BCUT2D eigenvalue weighted by atomic mass is 32.1. The third kappa shape index (κ3) is 3.26. The summed E-state index contributed by atoms with van der Waals surface area (Å²) in [6.45, 7) is 2.49. The molecule has 5 nitrogen and oxygen atoms in total. The van der Waals surface area contributed by atoms with E-state index in [1.807, 2.05) is 6.07 Å². The lowest BCUT2D eigenvalue weighted by molar-refractivity contribution is -0.101. The van der Waals surface area contributed by atoms with E-state index in [4.69, 9.17) is 18.0 Å². The van der Waals surface area contributed by atoms with E-state index in [1.165, 1.54) is 0 Å². The topological polar surface area (TPSA) is 83.2 Å². The molecule has 0 saturated heterocycles. The Morgan fingerprint density at radius 3 is 2.88 bits per heavy atom. The number of thiazole rings is 1. The van der Waals surface area contributed by atoms with Gasteiger partial charge in [0.25, 0.3) is 0 Å². The maximum Gasteiger partial charge on any atom is 0.190 e. The fourth-order valence-corrected chi connectivity index (χ4v) is 5.56. The quantitative estimate of drug-likeness (QED) is 0.617. The van der Waals surface area contributed by atoms with Gasteiger partial charge in [-0.1, -0.05) is 23.5 Å². The van der Waals surface area contributed by atoms with Crippen LogP contribution in [-0.2, 0) is 0 Å². The second-order valence-corrected chi connectivity index (χ2v) is 9.10. The highest BCUT2D eigenvalue weighted by molar-refractivity contribution is 7.80. The average molecular weight is 377 g/mol. The van der Waals surface area contributed by atoms with E-state index >= 15 is 0 Å². The van der Waals surface area contributed by atoms with Gasteiger partial charge in [0.2, 0.25) is 0 Å². The predicted octanol–water partition coefficient (Wildman–Crippen LogP) is 2.91. The zero-order valence-corrected chi connectivity index (χ0v) is 16.0. The Morgan fingerprint density at radius 1 is 1.44 bits per heavy atom. The molecular weight excluding hydrogens is 352 g/mol. The average Bonchev–Trinajstić information content (AvgIpc) is 2.97. The van der Waals surface area contributed by atoms with E-state index in [9.17, 15) is 5.11 Å². The van der Waals surface area contributed by atoms with Gasteiger partial charge in [-0.3, -0.25) is 0 Å². The summed E-state index contributed by atoms with van der Waals surface area (Å²) in [4.78, 5) is 4.61.